The van der Waals surface area contributed by atoms with Crippen molar-refractivity contribution in [1.29, 1.82) is 0 Å². The Bertz CT molecular complexity index is 474. The van der Waals surface area contributed by atoms with Gasteiger partial charge < -0.3 is 10.0 Å². The zero-order valence-electron chi connectivity index (χ0n) is 11.1. The Morgan fingerprint density at radius 1 is 1.37 bits per heavy atom. The minimum Gasteiger partial charge on any atom is -0.480 e. The van der Waals surface area contributed by atoms with Gasteiger partial charge in [0.15, 0.2) is 0 Å². The number of carbonyl (C=O) groups excluding carboxylic acids is 1. The number of aryl methyl sites for hydroxylation is 1. The van der Waals surface area contributed by atoms with Crippen molar-refractivity contribution >= 4 is 27.8 Å². The zero-order valence-corrected chi connectivity index (χ0v) is 12.7. The summed E-state index contributed by atoms with van der Waals surface area (Å²) in [6.45, 7) is 4.10. The molecular formula is C14H18BrNO3. The van der Waals surface area contributed by atoms with Crippen LogP contribution < -0.4 is 0 Å². The number of carboxylic acid groups (broad SMARTS) is 1. The normalized spacial score (nSPS) is 10.3. The minimum atomic E-state index is -0.977. The molecule has 0 spiro atoms. The third-order valence-electron chi connectivity index (χ3n) is 2.82. The smallest absolute Gasteiger partial charge is 0.323 e. The molecule has 0 saturated carbocycles. The third kappa shape index (κ3) is 5.03. The van der Waals surface area contributed by atoms with E-state index in [-0.39, 0.29) is 18.9 Å². The van der Waals surface area contributed by atoms with Crippen LogP contribution in [0.4, 0.5) is 0 Å². The van der Waals surface area contributed by atoms with Gasteiger partial charge >= 0.3 is 5.97 Å². The molecule has 1 amide bonds. The highest BCUT2D eigenvalue weighted by Gasteiger charge is 2.16. The molecule has 1 N–H and O–H groups in total. The van der Waals surface area contributed by atoms with Crippen molar-refractivity contribution in [1.82, 2.24) is 4.90 Å². The maximum atomic E-state index is 12.1. The number of nitrogens with zero attached hydrogens (tertiary/aromatic N) is 1. The largest absolute Gasteiger partial charge is 0.480 e. The number of aliphatic carboxylic acids is 1. The predicted molar refractivity (Wildman–Crippen MR) is 77.1 cm³/mol. The van der Waals surface area contributed by atoms with Gasteiger partial charge in [-0.1, -0.05) is 28.9 Å². The van der Waals surface area contributed by atoms with Crippen molar-refractivity contribution in [2.45, 2.75) is 26.7 Å². The van der Waals surface area contributed by atoms with Gasteiger partial charge in [0.05, 0.1) is 6.42 Å². The van der Waals surface area contributed by atoms with E-state index in [9.17, 15) is 9.59 Å². The number of benzene rings is 1. The van der Waals surface area contributed by atoms with Crippen LogP contribution in [0, 0.1) is 6.92 Å². The lowest BCUT2D eigenvalue weighted by Gasteiger charge is -2.20. The van der Waals surface area contributed by atoms with Crippen LogP contribution in [0.25, 0.3) is 0 Å². The molecule has 0 saturated heterocycles. The van der Waals surface area contributed by atoms with Gasteiger partial charge in [0, 0.05) is 11.0 Å². The number of rotatable bonds is 6. The Balaban J connectivity index is 2.77. The molecule has 0 aliphatic heterocycles. The van der Waals surface area contributed by atoms with Crippen LogP contribution in [0.1, 0.15) is 24.5 Å². The molecule has 0 radical (unpaired) electrons. The Labute approximate surface area is 121 Å². The first-order valence-corrected chi connectivity index (χ1v) is 6.98. The molecule has 0 aliphatic carbocycles. The van der Waals surface area contributed by atoms with Crippen molar-refractivity contribution in [2.75, 3.05) is 13.1 Å². The van der Waals surface area contributed by atoms with Crippen LogP contribution in [-0.2, 0) is 16.0 Å². The molecular weight excluding hydrogens is 310 g/mol. The van der Waals surface area contributed by atoms with Gasteiger partial charge in [-0.05, 0) is 36.6 Å². The molecule has 0 unspecified atom stereocenters. The molecule has 1 aromatic rings. The third-order valence-corrected chi connectivity index (χ3v) is 3.31. The molecule has 0 atom stereocenters. The summed E-state index contributed by atoms with van der Waals surface area (Å²) in [6.07, 6.45) is 0.991. The lowest BCUT2D eigenvalue weighted by atomic mass is 10.1. The second-order valence-electron chi connectivity index (χ2n) is 4.46. The van der Waals surface area contributed by atoms with Crippen molar-refractivity contribution < 1.29 is 14.7 Å². The first-order chi connectivity index (χ1) is 8.93. The van der Waals surface area contributed by atoms with Gasteiger partial charge in [-0.3, -0.25) is 9.59 Å². The Hall–Kier alpha value is -1.36. The maximum Gasteiger partial charge on any atom is 0.323 e. The van der Waals surface area contributed by atoms with Crippen LogP contribution in [0.5, 0.6) is 0 Å². The fourth-order valence-electron chi connectivity index (χ4n) is 1.86. The average Bonchev–Trinajstić information content (AvgIpc) is 2.31. The summed E-state index contributed by atoms with van der Waals surface area (Å²) in [6, 6.07) is 5.73. The summed E-state index contributed by atoms with van der Waals surface area (Å²) < 4.78 is 0.970. The molecule has 4 nitrogen and oxygen atoms in total. The quantitative estimate of drug-likeness (QED) is 0.873. The van der Waals surface area contributed by atoms with E-state index in [0.717, 1.165) is 22.0 Å². The van der Waals surface area contributed by atoms with Crippen molar-refractivity contribution in [2.24, 2.45) is 0 Å². The Kier molecular flexibility index (Phi) is 6.02. The highest BCUT2D eigenvalue weighted by atomic mass is 79.9. The Morgan fingerprint density at radius 3 is 2.58 bits per heavy atom. The predicted octanol–water partition coefficient (Wildman–Crippen LogP) is 2.62. The summed E-state index contributed by atoms with van der Waals surface area (Å²) in [5.41, 5.74) is 1.95. The van der Waals surface area contributed by atoms with E-state index in [1.54, 1.807) is 0 Å². The molecule has 1 rings (SSSR count). The molecule has 1 aromatic carbocycles. The first-order valence-electron chi connectivity index (χ1n) is 6.18. The second kappa shape index (κ2) is 7.28. The number of carboxylic acids is 1. The van der Waals surface area contributed by atoms with Gasteiger partial charge in [0.2, 0.25) is 5.91 Å². The molecule has 5 heteroatoms. The molecule has 104 valence electrons. The SMILES string of the molecule is CCCN(CC(=O)O)C(=O)Cc1ccc(Br)cc1C. The van der Waals surface area contributed by atoms with E-state index in [2.05, 4.69) is 15.9 Å². The van der Waals surface area contributed by atoms with Crippen LogP contribution >= 0.6 is 15.9 Å². The standard InChI is InChI=1S/C14H18BrNO3/c1-3-6-16(9-14(18)19)13(17)8-11-4-5-12(15)7-10(11)2/h4-5,7H,3,6,8-9H2,1-2H3,(H,18,19). The van der Waals surface area contributed by atoms with Crippen LogP contribution in [0.2, 0.25) is 0 Å². The van der Waals surface area contributed by atoms with Gasteiger partial charge in [-0.15, -0.1) is 0 Å². The molecule has 0 aliphatic rings. The number of amides is 1. The summed E-state index contributed by atoms with van der Waals surface area (Å²) in [5.74, 6) is -1.12. The van der Waals surface area contributed by atoms with E-state index in [4.69, 9.17) is 5.11 Å². The van der Waals surface area contributed by atoms with E-state index in [0.29, 0.717) is 6.54 Å². The van der Waals surface area contributed by atoms with Gasteiger partial charge in [-0.2, -0.15) is 0 Å². The molecule has 19 heavy (non-hydrogen) atoms. The van der Waals surface area contributed by atoms with E-state index >= 15 is 0 Å². The molecule has 0 heterocycles. The monoisotopic (exact) mass is 327 g/mol. The zero-order chi connectivity index (χ0) is 14.4. The molecule has 0 aromatic heterocycles. The summed E-state index contributed by atoms with van der Waals surface area (Å²) in [5, 5.41) is 8.82. The van der Waals surface area contributed by atoms with Crippen molar-refractivity contribution in [3.8, 4) is 0 Å². The maximum absolute atomic E-state index is 12.1. The summed E-state index contributed by atoms with van der Waals surface area (Å²) in [7, 11) is 0. The lowest BCUT2D eigenvalue weighted by molar-refractivity contribution is -0.144. The summed E-state index contributed by atoms with van der Waals surface area (Å²) >= 11 is 3.38. The van der Waals surface area contributed by atoms with E-state index < -0.39 is 5.97 Å². The van der Waals surface area contributed by atoms with Gasteiger partial charge in [0.1, 0.15) is 6.54 Å². The second-order valence-corrected chi connectivity index (χ2v) is 5.37. The van der Waals surface area contributed by atoms with Crippen molar-refractivity contribution in [3.05, 3.63) is 33.8 Å². The first kappa shape index (κ1) is 15.7. The average molecular weight is 328 g/mol. The van der Waals surface area contributed by atoms with Crippen molar-refractivity contribution in [3.63, 3.8) is 0 Å². The fourth-order valence-corrected chi connectivity index (χ4v) is 2.33. The lowest BCUT2D eigenvalue weighted by Crippen LogP contribution is -2.37. The van der Waals surface area contributed by atoms with E-state index in [1.807, 2.05) is 32.0 Å². The number of hydrogen-bond acceptors (Lipinski definition) is 2. The molecule has 0 bridgehead atoms. The topological polar surface area (TPSA) is 57.6 Å². The molecule has 0 fully saturated rings. The number of carbonyl (C=O) groups is 2. The Morgan fingerprint density at radius 2 is 2.05 bits per heavy atom. The van der Waals surface area contributed by atoms with Crippen LogP contribution in [0.3, 0.4) is 0 Å². The summed E-state index contributed by atoms with van der Waals surface area (Å²) in [4.78, 5) is 24.3. The van der Waals surface area contributed by atoms with Crippen LogP contribution in [0.15, 0.2) is 22.7 Å². The fraction of sp³-hybridized carbons (Fsp3) is 0.429. The number of hydrogen-bond donors (Lipinski definition) is 1. The van der Waals surface area contributed by atoms with Crippen LogP contribution in [-0.4, -0.2) is 35.0 Å². The highest BCUT2D eigenvalue weighted by molar-refractivity contribution is 9.10. The van der Waals surface area contributed by atoms with Gasteiger partial charge in [0.25, 0.3) is 0 Å². The highest BCUT2D eigenvalue weighted by Crippen LogP contribution is 2.17. The van der Waals surface area contributed by atoms with Gasteiger partial charge in [-0.25, -0.2) is 0 Å². The van der Waals surface area contributed by atoms with E-state index in [1.165, 1.54) is 4.90 Å². The number of halogens is 1. The minimum absolute atomic E-state index is 0.144.